The van der Waals surface area contributed by atoms with Crippen molar-refractivity contribution in [3.8, 4) is 0 Å². The Balaban J connectivity index is 1.02. The normalized spacial score (nSPS) is 11.3. The summed E-state index contributed by atoms with van der Waals surface area (Å²) in [6, 6.07) is 61.0. The molecule has 0 N–H and O–H groups in total. The monoisotopic (exact) mass is 672 g/mol. The van der Waals surface area contributed by atoms with Crippen molar-refractivity contribution >= 4 is 58.4 Å². The average molecular weight is 673 g/mol. The van der Waals surface area contributed by atoms with Gasteiger partial charge in [0.2, 0.25) is 0 Å². The Hall–Kier alpha value is -6.38. The number of nitrogens with zero attached hydrogens (tertiary/aromatic N) is 2. The fourth-order valence-corrected chi connectivity index (χ4v) is 6.24. The van der Waals surface area contributed by atoms with Crippen molar-refractivity contribution in [2.45, 2.75) is 27.7 Å². The highest BCUT2D eigenvalue weighted by molar-refractivity contribution is 5.80. The Bertz CT molecular complexity index is 2000. The lowest BCUT2D eigenvalue weighted by molar-refractivity contribution is 1.27. The topological polar surface area (TPSA) is 6.48 Å². The van der Waals surface area contributed by atoms with E-state index < -0.39 is 0 Å². The summed E-state index contributed by atoms with van der Waals surface area (Å²) in [6.45, 7) is 8.50. The Morgan fingerprint density at radius 1 is 0.231 bits per heavy atom. The van der Waals surface area contributed by atoms with Crippen LogP contribution in [0, 0.1) is 27.7 Å². The standard InChI is InChI=1S/C50H44N2/c1-37-5-25-45(26-6-37)51(46-27-7-38(2)8-28-46)49-33-21-43(22-34-49)19-17-41-13-15-42(16-14-41)18-20-44-23-35-50(36-24-44)52(47-29-9-39(3)10-30-47)48-31-11-40(4)12-32-48/h5-36H,1-4H3/b19-17-,20-18-. The van der Waals surface area contributed by atoms with Gasteiger partial charge in [-0.25, -0.2) is 0 Å². The Kier molecular flexibility index (Phi) is 10.3. The minimum atomic E-state index is 1.13. The van der Waals surface area contributed by atoms with Gasteiger partial charge in [-0.1, -0.05) is 144 Å². The molecule has 0 spiro atoms. The number of hydrogen-bond donors (Lipinski definition) is 0. The van der Waals surface area contributed by atoms with Crippen molar-refractivity contribution in [1.82, 2.24) is 0 Å². The van der Waals surface area contributed by atoms with Crippen molar-refractivity contribution in [2.75, 3.05) is 9.80 Å². The summed E-state index contributed by atoms with van der Waals surface area (Å²) in [5.41, 5.74) is 16.5. The Morgan fingerprint density at radius 3 is 0.577 bits per heavy atom. The first kappa shape index (κ1) is 34.1. The van der Waals surface area contributed by atoms with Crippen LogP contribution in [0.4, 0.5) is 34.1 Å². The Labute approximate surface area is 309 Å². The van der Waals surface area contributed by atoms with E-state index in [1.807, 2.05) is 0 Å². The van der Waals surface area contributed by atoms with Crippen molar-refractivity contribution in [2.24, 2.45) is 0 Å². The first-order chi connectivity index (χ1) is 25.4. The first-order valence-corrected chi connectivity index (χ1v) is 17.9. The predicted octanol–water partition coefficient (Wildman–Crippen LogP) is 14.2. The van der Waals surface area contributed by atoms with Gasteiger partial charge >= 0.3 is 0 Å². The molecule has 0 aliphatic heterocycles. The molecule has 0 heterocycles. The van der Waals surface area contributed by atoms with Gasteiger partial charge in [-0.15, -0.1) is 0 Å². The molecule has 0 unspecified atom stereocenters. The maximum Gasteiger partial charge on any atom is 0.0462 e. The molecule has 0 saturated carbocycles. The van der Waals surface area contributed by atoms with Crippen molar-refractivity contribution in [3.05, 3.63) is 214 Å². The van der Waals surface area contributed by atoms with E-state index in [4.69, 9.17) is 0 Å². The molecular formula is C50H44N2. The average Bonchev–Trinajstić information content (AvgIpc) is 3.18. The van der Waals surface area contributed by atoms with Crippen molar-refractivity contribution < 1.29 is 0 Å². The second-order valence-corrected chi connectivity index (χ2v) is 13.5. The maximum absolute atomic E-state index is 2.30. The van der Waals surface area contributed by atoms with Crippen LogP contribution < -0.4 is 9.80 Å². The molecule has 0 amide bonds. The molecule has 52 heavy (non-hydrogen) atoms. The maximum atomic E-state index is 2.30. The van der Waals surface area contributed by atoms with Crippen LogP contribution in [0.15, 0.2) is 170 Å². The zero-order chi connectivity index (χ0) is 35.9. The SMILES string of the molecule is Cc1ccc(N(c2ccc(C)cc2)c2ccc(/C=C\c3ccc(/C=C\c4ccc(N(c5ccc(C)cc5)c5ccc(C)cc5)cc4)cc3)cc2)cc1. The third-order valence-corrected chi connectivity index (χ3v) is 9.34. The molecule has 0 bridgehead atoms. The van der Waals surface area contributed by atoms with Crippen LogP contribution in [0.3, 0.4) is 0 Å². The van der Waals surface area contributed by atoms with Crippen LogP contribution in [0.5, 0.6) is 0 Å². The van der Waals surface area contributed by atoms with Crippen LogP contribution >= 0.6 is 0 Å². The van der Waals surface area contributed by atoms with E-state index >= 15 is 0 Å². The summed E-state index contributed by atoms with van der Waals surface area (Å²) in [5.74, 6) is 0. The van der Waals surface area contributed by atoms with Gasteiger partial charge in [-0.05, 0) is 123 Å². The molecule has 2 heteroatoms. The highest BCUT2D eigenvalue weighted by atomic mass is 15.1. The third-order valence-electron chi connectivity index (χ3n) is 9.34. The van der Waals surface area contributed by atoms with E-state index in [1.54, 1.807) is 0 Å². The second kappa shape index (κ2) is 15.7. The van der Waals surface area contributed by atoms with Crippen LogP contribution in [0.1, 0.15) is 44.5 Å². The van der Waals surface area contributed by atoms with Gasteiger partial charge in [0.25, 0.3) is 0 Å². The lowest BCUT2D eigenvalue weighted by Crippen LogP contribution is -2.09. The van der Waals surface area contributed by atoms with Crippen LogP contribution in [0.25, 0.3) is 24.3 Å². The smallest absolute Gasteiger partial charge is 0.0462 e. The van der Waals surface area contributed by atoms with E-state index in [9.17, 15) is 0 Å². The van der Waals surface area contributed by atoms with Crippen molar-refractivity contribution in [1.29, 1.82) is 0 Å². The summed E-state index contributed by atoms with van der Waals surface area (Å²) in [6.07, 6.45) is 8.70. The number of aryl methyl sites for hydroxylation is 4. The molecule has 2 nitrogen and oxygen atoms in total. The predicted molar refractivity (Wildman–Crippen MR) is 225 cm³/mol. The highest BCUT2D eigenvalue weighted by Crippen LogP contribution is 2.36. The fourth-order valence-electron chi connectivity index (χ4n) is 6.24. The quantitative estimate of drug-likeness (QED) is 0.133. The summed E-state index contributed by atoms with van der Waals surface area (Å²) in [7, 11) is 0. The van der Waals surface area contributed by atoms with Crippen LogP contribution in [0.2, 0.25) is 0 Å². The summed E-state index contributed by atoms with van der Waals surface area (Å²) in [5, 5.41) is 0. The molecule has 7 rings (SSSR count). The Morgan fingerprint density at radius 2 is 0.385 bits per heavy atom. The van der Waals surface area contributed by atoms with Gasteiger partial charge < -0.3 is 9.80 Å². The van der Waals surface area contributed by atoms with Crippen LogP contribution in [-0.2, 0) is 0 Å². The molecule has 0 aliphatic rings. The van der Waals surface area contributed by atoms with E-state index in [-0.39, 0.29) is 0 Å². The van der Waals surface area contributed by atoms with E-state index in [2.05, 4.69) is 232 Å². The van der Waals surface area contributed by atoms with E-state index in [0.717, 1.165) is 45.3 Å². The largest absolute Gasteiger partial charge is 0.311 e. The molecular weight excluding hydrogens is 629 g/mol. The van der Waals surface area contributed by atoms with Gasteiger partial charge in [0, 0.05) is 34.1 Å². The van der Waals surface area contributed by atoms with Crippen molar-refractivity contribution in [3.63, 3.8) is 0 Å². The zero-order valence-electron chi connectivity index (χ0n) is 30.4. The minimum Gasteiger partial charge on any atom is -0.311 e. The van der Waals surface area contributed by atoms with Gasteiger partial charge in [0.15, 0.2) is 0 Å². The molecule has 0 fully saturated rings. The molecule has 0 aromatic heterocycles. The van der Waals surface area contributed by atoms with E-state index in [0.29, 0.717) is 0 Å². The summed E-state index contributed by atoms with van der Waals surface area (Å²) < 4.78 is 0. The third kappa shape index (κ3) is 8.31. The molecule has 7 aromatic carbocycles. The van der Waals surface area contributed by atoms with Gasteiger partial charge in [0.1, 0.15) is 0 Å². The van der Waals surface area contributed by atoms with Gasteiger partial charge in [-0.3, -0.25) is 0 Å². The lowest BCUT2D eigenvalue weighted by Gasteiger charge is -2.25. The number of rotatable bonds is 10. The van der Waals surface area contributed by atoms with E-state index in [1.165, 1.54) is 33.4 Å². The number of anilines is 6. The second-order valence-electron chi connectivity index (χ2n) is 13.5. The molecule has 0 aliphatic carbocycles. The van der Waals surface area contributed by atoms with Crippen LogP contribution in [-0.4, -0.2) is 0 Å². The summed E-state index contributed by atoms with van der Waals surface area (Å²) in [4.78, 5) is 4.61. The number of benzene rings is 7. The fraction of sp³-hybridized carbons (Fsp3) is 0.0800. The molecule has 0 radical (unpaired) electrons. The minimum absolute atomic E-state index is 1.13. The highest BCUT2D eigenvalue weighted by Gasteiger charge is 2.13. The molecule has 254 valence electrons. The first-order valence-electron chi connectivity index (χ1n) is 17.9. The van der Waals surface area contributed by atoms with Gasteiger partial charge in [0.05, 0.1) is 0 Å². The lowest BCUT2D eigenvalue weighted by atomic mass is 10.1. The summed E-state index contributed by atoms with van der Waals surface area (Å²) >= 11 is 0. The molecule has 0 saturated heterocycles. The zero-order valence-corrected chi connectivity index (χ0v) is 30.4. The molecule has 0 atom stereocenters. The van der Waals surface area contributed by atoms with Gasteiger partial charge in [-0.2, -0.15) is 0 Å². The molecule has 7 aromatic rings. The number of hydrogen-bond acceptors (Lipinski definition) is 2.